The van der Waals surface area contributed by atoms with Crippen molar-refractivity contribution >= 4 is 17.5 Å². The van der Waals surface area contributed by atoms with Crippen molar-refractivity contribution in [2.75, 3.05) is 11.4 Å². The lowest BCUT2D eigenvalue weighted by Crippen LogP contribution is -2.60. The van der Waals surface area contributed by atoms with Crippen molar-refractivity contribution in [1.82, 2.24) is 5.32 Å². The molecule has 4 nitrogen and oxygen atoms in total. The van der Waals surface area contributed by atoms with E-state index in [0.29, 0.717) is 5.92 Å². The summed E-state index contributed by atoms with van der Waals surface area (Å²) in [7, 11) is 0. The molecule has 1 aliphatic rings. The van der Waals surface area contributed by atoms with Gasteiger partial charge in [0.25, 0.3) is 0 Å². The third-order valence-electron chi connectivity index (χ3n) is 3.68. The zero-order valence-corrected chi connectivity index (χ0v) is 12.5. The van der Waals surface area contributed by atoms with E-state index in [2.05, 4.69) is 19.2 Å². The summed E-state index contributed by atoms with van der Waals surface area (Å²) in [5.41, 5.74) is 1.98. The Hall–Kier alpha value is -1.84. The molecule has 0 spiro atoms. The van der Waals surface area contributed by atoms with Gasteiger partial charge in [-0.15, -0.1) is 0 Å². The molecular formula is C16H22N2O2. The Morgan fingerprint density at radius 3 is 2.50 bits per heavy atom. The zero-order chi connectivity index (χ0) is 14.9. The molecule has 0 bridgehead atoms. The summed E-state index contributed by atoms with van der Waals surface area (Å²) in [6, 6.07) is 7.47. The molecule has 1 unspecified atom stereocenters. The summed E-state index contributed by atoms with van der Waals surface area (Å²) >= 11 is 0. The van der Waals surface area contributed by atoms with Crippen molar-refractivity contribution in [3.63, 3.8) is 0 Å². The second-order valence-electron chi connectivity index (χ2n) is 5.92. The quantitative estimate of drug-likeness (QED) is 0.919. The molecule has 1 aliphatic heterocycles. The lowest BCUT2D eigenvalue weighted by atomic mass is 9.97. The predicted octanol–water partition coefficient (Wildman–Crippen LogP) is 2.30. The highest BCUT2D eigenvalue weighted by atomic mass is 16.2. The van der Waals surface area contributed by atoms with E-state index in [4.69, 9.17) is 0 Å². The van der Waals surface area contributed by atoms with Crippen LogP contribution in [-0.2, 0) is 9.59 Å². The van der Waals surface area contributed by atoms with Gasteiger partial charge in [0.15, 0.2) is 0 Å². The summed E-state index contributed by atoms with van der Waals surface area (Å²) in [4.78, 5) is 26.0. The van der Waals surface area contributed by atoms with Crippen LogP contribution in [0.3, 0.4) is 0 Å². The van der Waals surface area contributed by atoms with Crippen LogP contribution in [0.5, 0.6) is 0 Å². The SMILES string of the molecule is CC(C)c1cccc(N2C(=O)CNC(=O)C2C(C)C)c1. The Balaban J connectivity index is 2.43. The lowest BCUT2D eigenvalue weighted by molar-refractivity contribution is -0.131. The standard InChI is InChI=1S/C16H22N2O2/c1-10(2)12-6-5-7-13(8-12)18-14(19)9-17-16(20)15(18)11(3)4/h5-8,10-11,15H,9H2,1-4H3,(H,17,20). The molecule has 2 amide bonds. The third-order valence-corrected chi connectivity index (χ3v) is 3.68. The number of benzene rings is 1. The monoisotopic (exact) mass is 274 g/mol. The molecule has 1 heterocycles. The molecule has 1 N–H and O–H groups in total. The van der Waals surface area contributed by atoms with Gasteiger partial charge < -0.3 is 5.32 Å². The first-order chi connectivity index (χ1) is 9.41. The highest BCUT2D eigenvalue weighted by Gasteiger charge is 2.37. The van der Waals surface area contributed by atoms with Crippen LogP contribution in [-0.4, -0.2) is 24.4 Å². The molecular weight excluding hydrogens is 252 g/mol. The van der Waals surface area contributed by atoms with Crippen LogP contribution < -0.4 is 10.2 Å². The number of nitrogens with one attached hydrogen (secondary N) is 1. The van der Waals surface area contributed by atoms with E-state index < -0.39 is 6.04 Å². The van der Waals surface area contributed by atoms with E-state index in [9.17, 15) is 9.59 Å². The number of hydrogen-bond donors (Lipinski definition) is 1. The Labute approximate surface area is 120 Å². The number of piperazine rings is 1. The molecule has 2 rings (SSSR count). The molecule has 20 heavy (non-hydrogen) atoms. The summed E-state index contributed by atoms with van der Waals surface area (Å²) < 4.78 is 0. The van der Waals surface area contributed by atoms with Crippen molar-refractivity contribution in [3.8, 4) is 0 Å². The second kappa shape index (κ2) is 5.65. The third kappa shape index (κ3) is 2.69. The first kappa shape index (κ1) is 14.6. The maximum absolute atomic E-state index is 12.2. The van der Waals surface area contributed by atoms with E-state index in [1.54, 1.807) is 4.90 Å². The molecule has 0 radical (unpaired) electrons. The summed E-state index contributed by atoms with van der Waals surface area (Å²) in [5, 5.41) is 2.67. The minimum Gasteiger partial charge on any atom is -0.345 e. The minimum absolute atomic E-state index is 0.0517. The summed E-state index contributed by atoms with van der Waals surface area (Å²) in [6.45, 7) is 8.23. The van der Waals surface area contributed by atoms with Gasteiger partial charge in [-0.3, -0.25) is 14.5 Å². The Kier molecular flexibility index (Phi) is 4.12. The van der Waals surface area contributed by atoms with E-state index in [1.165, 1.54) is 5.56 Å². The van der Waals surface area contributed by atoms with Gasteiger partial charge in [-0.05, 0) is 29.5 Å². The van der Waals surface area contributed by atoms with Crippen LogP contribution in [0.25, 0.3) is 0 Å². The van der Waals surface area contributed by atoms with Gasteiger partial charge >= 0.3 is 0 Å². The van der Waals surface area contributed by atoms with E-state index in [-0.39, 0.29) is 24.3 Å². The molecule has 0 aromatic heterocycles. The van der Waals surface area contributed by atoms with Gasteiger partial charge in [0.05, 0.1) is 6.54 Å². The minimum atomic E-state index is -0.432. The van der Waals surface area contributed by atoms with Crippen molar-refractivity contribution in [3.05, 3.63) is 29.8 Å². The van der Waals surface area contributed by atoms with Gasteiger partial charge in [-0.1, -0.05) is 39.8 Å². The maximum Gasteiger partial charge on any atom is 0.247 e. The Morgan fingerprint density at radius 1 is 1.20 bits per heavy atom. The van der Waals surface area contributed by atoms with Crippen LogP contribution in [0.4, 0.5) is 5.69 Å². The van der Waals surface area contributed by atoms with E-state index in [1.807, 2.05) is 38.1 Å². The number of carbonyl (C=O) groups is 2. The first-order valence-electron chi connectivity index (χ1n) is 7.11. The largest absolute Gasteiger partial charge is 0.345 e. The summed E-state index contributed by atoms with van der Waals surface area (Å²) in [6.07, 6.45) is 0. The molecule has 1 fully saturated rings. The number of amides is 2. The molecule has 0 saturated carbocycles. The van der Waals surface area contributed by atoms with Crippen molar-refractivity contribution < 1.29 is 9.59 Å². The van der Waals surface area contributed by atoms with Crippen molar-refractivity contribution in [1.29, 1.82) is 0 Å². The van der Waals surface area contributed by atoms with Crippen LogP contribution in [0.2, 0.25) is 0 Å². The van der Waals surface area contributed by atoms with Gasteiger partial charge in [0.2, 0.25) is 11.8 Å². The second-order valence-corrected chi connectivity index (χ2v) is 5.92. The van der Waals surface area contributed by atoms with Gasteiger partial charge in [-0.25, -0.2) is 0 Å². The molecule has 1 saturated heterocycles. The van der Waals surface area contributed by atoms with Crippen LogP contribution >= 0.6 is 0 Å². The Bertz CT molecular complexity index is 523. The van der Waals surface area contributed by atoms with E-state index in [0.717, 1.165) is 5.69 Å². The smallest absolute Gasteiger partial charge is 0.247 e. The maximum atomic E-state index is 12.2. The molecule has 1 atom stereocenters. The van der Waals surface area contributed by atoms with Crippen LogP contribution in [0.15, 0.2) is 24.3 Å². The summed E-state index contributed by atoms with van der Waals surface area (Å²) in [5.74, 6) is 0.335. The average Bonchev–Trinajstić information content (AvgIpc) is 2.40. The average molecular weight is 274 g/mol. The number of anilines is 1. The fraction of sp³-hybridized carbons (Fsp3) is 0.500. The highest BCUT2D eigenvalue weighted by molar-refractivity contribution is 6.06. The first-order valence-corrected chi connectivity index (χ1v) is 7.11. The highest BCUT2D eigenvalue weighted by Crippen LogP contribution is 2.27. The fourth-order valence-electron chi connectivity index (χ4n) is 2.56. The van der Waals surface area contributed by atoms with Gasteiger partial charge in [0, 0.05) is 5.69 Å². The molecule has 1 aromatic rings. The van der Waals surface area contributed by atoms with Gasteiger partial charge in [-0.2, -0.15) is 0 Å². The fourth-order valence-corrected chi connectivity index (χ4v) is 2.56. The number of nitrogens with zero attached hydrogens (tertiary/aromatic N) is 1. The van der Waals surface area contributed by atoms with E-state index >= 15 is 0 Å². The van der Waals surface area contributed by atoms with Gasteiger partial charge in [0.1, 0.15) is 6.04 Å². The van der Waals surface area contributed by atoms with Crippen molar-refractivity contribution in [2.24, 2.45) is 5.92 Å². The molecule has 0 aliphatic carbocycles. The molecule has 4 heteroatoms. The molecule has 108 valence electrons. The van der Waals surface area contributed by atoms with Crippen molar-refractivity contribution in [2.45, 2.75) is 39.7 Å². The number of carbonyl (C=O) groups excluding carboxylic acids is 2. The Morgan fingerprint density at radius 2 is 1.90 bits per heavy atom. The van der Waals surface area contributed by atoms with Crippen LogP contribution in [0, 0.1) is 5.92 Å². The van der Waals surface area contributed by atoms with Crippen LogP contribution in [0.1, 0.15) is 39.2 Å². The molecule has 1 aromatic carbocycles. The lowest BCUT2D eigenvalue weighted by Gasteiger charge is -2.37. The number of hydrogen-bond acceptors (Lipinski definition) is 2. The normalized spacial score (nSPS) is 19.7. The topological polar surface area (TPSA) is 49.4 Å². The predicted molar refractivity (Wildman–Crippen MR) is 79.7 cm³/mol. The number of rotatable bonds is 3. The zero-order valence-electron chi connectivity index (χ0n) is 12.5.